The molecule has 0 aliphatic carbocycles. The van der Waals surface area contributed by atoms with Crippen molar-refractivity contribution in [1.82, 2.24) is 0 Å². The number of rotatable bonds is 9. The molecule has 11 heteroatoms. The van der Waals surface area contributed by atoms with Gasteiger partial charge in [0.2, 0.25) is 0 Å². The number of halogens is 8. The summed E-state index contributed by atoms with van der Waals surface area (Å²) in [5, 5.41) is 12.2. The number of aryl methyl sites for hydroxylation is 1. The second kappa shape index (κ2) is 10.4. The van der Waals surface area contributed by atoms with Crippen LogP contribution in [0.25, 0.3) is 11.1 Å². The molecule has 0 aliphatic rings. The average molecular weight is 505 g/mol. The van der Waals surface area contributed by atoms with Crippen LogP contribution in [0.4, 0.5) is 35.1 Å². The van der Waals surface area contributed by atoms with Crippen LogP contribution in [0, 0.1) is 23.3 Å². The van der Waals surface area contributed by atoms with Crippen LogP contribution >= 0.6 is 0 Å². The van der Waals surface area contributed by atoms with Gasteiger partial charge in [-0.1, -0.05) is 37.6 Å². The zero-order valence-corrected chi connectivity index (χ0v) is 18.0. The van der Waals surface area contributed by atoms with Crippen molar-refractivity contribution >= 4 is 0 Å². The molecule has 3 aromatic rings. The number of alkyl halides is 4. The molecule has 0 N–H and O–H groups in total. The van der Waals surface area contributed by atoms with E-state index in [0.717, 1.165) is 18.4 Å². The first kappa shape index (κ1) is 26.1. The van der Waals surface area contributed by atoms with Gasteiger partial charge in [-0.2, -0.15) is 17.6 Å². The maximum absolute atomic E-state index is 15.1. The molecule has 0 aromatic heterocycles. The number of hydrogen-bond acceptors (Lipinski definition) is 2. The summed E-state index contributed by atoms with van der Waals surface area (Å²) in [6.07, 6.45) is -2.39. The standard InChI is InChI=1S/C24H17F8O3/c1-2-3-4-12-5-7-13(8-6-12)19-18(33)11-15(25)20(21(19)28)24(31,32)35-14-9-16(26)22(17(27)10-14)34-23(29)30/h5-11,23H,2-4H2,1H3. The topological polar surface area (TPSA) is 38.4 Å². The van der Waals surface area contributed by atoms with Gasteiger partial charge in [-0.3, -0.25) is 5.11 Å². The third-order valence-corrected chi connectivity index (χ3v) is 4.96. The Morgan fingerprint density at radius 3 is 2.06 bits per heavy atom. The van der Waals surface area contributed by atoms with Crippen LogP contribution in [0.2, 0.25) is 0 Å². The molecule has 0 fully saturated rings. The van der Waals surface area contributed by atoms with E-state index in [9.17, 15) is 35.8 Å². The molecule has 35 heavy (non-hydrogen) atoms. The van der Waals surface area contributed by atoms with Crippen molar-refractivity contribution in [2.75, 3.05) is 0 Å². The molecule has 1 radical (unpaired) electrons. The van der Waals surface area contributed by atoms with Crippen molar-refractivity contribution in [2.45, 2.75) is 38.9 Å². The summed E-state index contributed by atoms with van der Waals surface area (Å²) in [6, 6.07) is 6.05. The molecular weight excluding hydrogens is 488 g/mol. The third-order valence-electron chi connectivity index (χ3n) is 4.96. The van der Waals surface area contributed by atoms with Crippen molar-refractivity contribution in [2.24, 2.45) is 0 Å². The second-order valence-electron chi connectivity index (χ2n) is 7.43. The molecule has 0 unspecified atom stereocenters. The summed E-state index contributed by atoms with van der Waals surface area (Å²) >= 11 is 0. The molecule has 3 rings (SSSR count). The fourth-order valence-corrected chi connectivity index (χ4v) is 3.35. The first-order chi connectivity index (χ1) is 16.4. The van der Waals surface area contributed by atoms with Crippen molar-refractivity contribution in [3.8, 4) is 28.4 Å². The molecule has 0 amide bonds. The molecule has 0 saturated carbocycles. The maximum atomic E-state index is 15.1. The van der Waals surface area contributed by atoms with Gasteiger partial charge in [-0.15, -0.1) is 0 Å². The highest BCUT2D eigenvalue weighted by Gasteiger charge is 2.43. The Kier molecular flexibility index (Phi) is 7.76. The molecule has 0 spiro atoms. The second-order valence-corrected chi connectivity index (χ2v) is 7.43. The third kappa shape index (κ3) is 5.77. The van der Waals surface area contributed by atoms with Crippen LogP contribution in [0.5, 0.6) is 17.2 Å². The quantitative estimate of drug-likeness (QED) is 0.276. The lowest BCUT2D eigenvalue weighted by atomic mass is 9.97. The van der Waals surface area contributed by atoms with E-state index in [-0.39, 0.29) is 23.8 Å². The van der Waals surface area contributed by atoms with E-state index in [1.807, 2.05) is 6.92 Å². The minimum atomic E-state index is -4.86. The lowest BCUT2D eigenvalue weighted by Gasteiger charge is -2.21. The summed E-state index contributed by atoms with van der Waals surface area (Å²) in [5.41, 5.74) is -2.08. The smallest absolute Gasteiger partial charge is 0.429 e. The summed E-state index contributed by atoms with van der Waals surface area (Å²) in [7, 11) is 0. The lowest BCUT2D eigenvalue weighted by Crippen LogP contribution is -2.25. The number of benzene rings is 3. The van der Waals surface area contributed by atoms with Gasteiger partial charge in [-0.25, -0.2) is 17.6 Å². The first-order valence-corrected chi connectivity index (χ1v) is 10.2. The molecule has 3 nitrogen and oxygen atoms in total. The molecule has 0 aliphatic heterocycles. The molecule has 0 heterocycles. The predicted molar refractivity (Wildman–Crippen MR) is 108 cm³/mol. The Bertz CT molecular complexity index is 1170. The molecule has 187 valence electrons. The van der Waals surface area contributed by atoms with Gasteiger partial charge in [0.1, 0.15) is 17.1 Å². The van der Waals surface area contributed by atoms with Crippen molar-refractivity contribution in [3.63, 3.8) is 0 Å². The normalized spacial score (nSPS) is 11.7. The highest BCUT2D eigenvalue weighted by atomic mass is 19.3. The Hall–Kier alpha value is -3.50. The summed E-state index contributed by atoms with van der Waals surface area (Å²) < 4.78 is 119. The van der Waals surface area contributed by atoms with E-state index < -0.39 is 64.4 Å². The molecular formula is C24H17F8O3. The molecule has 0 atom stereocenters. The molecule has 0 bridgehead atoms. The van der Waals surface area contributed by atoms with Gasteiger partial charge in [-0.05, 0) is 24.0 Å². The monoisotopic (exact) mass is 505 g/mol. The average Bonchev–Trinajstić information content (AvgIpc) is 2.74. The molecule has 0 saturated heterocycles. The largest absolute Gasteiger partial charge is 0.432 e. The van der Waals surface area contributed by atoms with E-state index in [0.29, 0.717) is 6.42 Å². The minimum Gasteiger partial charge on any atom is -0.429 e. The highest BCUT2D eigenvalue weighted by molar-refractivity contribution is 5.72. The van der Waals surface area contributed by atoms with Gasteiger partial charge in [0.05, 0.1) is 5.56 Å². The maximum Gasteiger partial charge on any atom is 0.432 e. The Labute approximate surface area is 194 Å². The number of unbranched alkanes of at least 4 members (excludes halogenated alkanes) is 1. The fourth-order valence-electron chi connectivity index (χ4n) is 3.35. The predicted octanol–water partition coefficient (Wildman–Crippen LogP) is 8.13. The van der Waals surface area contributed by atoms with Gasteiger partial charge in [0, 0.05) is 18.2 Å². The fraction of sp³-hybridized carbons (Fsp3) is 0.250. The SMILES string of the molecule is CCCCc1ccc(-c2c([O])cc(F)c(C(F)(F)Oc3cc(F)c(OC(F)F)c(F)c3)c2F)cc1. The minimum absolute atomic E-state index is 0.0718. The van der Waals surface area contributed by atoms with Crippen LogP contribution in [0.15, 0.2) is 42.5 Å². The summed E-state index contributed by atoms with van der Waals surface area (Å²) in [5.74, 6) is -11.6. The summed E-state index contributed by atoms with van der Waals surface area (Å²) in [6.45, 7) is -1.63. The summed E-state index contributed by atoms with van der Waals surface area (Å²) in [4.78, 5) is 0. The Balaban J connectivity index is 2.00. The van der Waals surface area contributed by atoms with Crippen LogP contribution in [0.1, 0.15) is 30.9 Å². The van der Waals surface area contributed by atoms with Crippen molar-refractivity contribution in [3.05, 3.63) is 76.9 Å². The van der Waals surface area contributed by atoms with E-state index in [4.69, 9.17) is 0 Å². The zero-order valence-electron chi connectivity index (χ0n) is 18.0. The molecule has 3 aromatic carbocycles. The van der Waals surface area contributed by atoms with Gasteiger partial charge < -0.3 is 9.47 Å². The lowest BCUT2D eigenvalue weighted by molar-refractivity contribution is -0.189. The van der Waals surface area contributed by atoms with E-state index in [1.54, 1.807) is 12.1 Å². The highest BCUT2D eigenvalue weighted by Crippen LogP contribution is 2.43. The zero-order chi connectivity index (χ0) is 25.9. The van der Waals surface area contributed by atoms with Crippen LogP contribution < -0.4 is 9.47 Å². The number of ether oxygens (including phenoxy) is 2. The van der Waals surface area contributed by atoms with Gasteiger partial charge >= 0.3 is 12.7 Å². The Morgan fingerprint density at radius 2 is 1.51 bits per heavy atom. The van der Waals surface area contributed by atoms with Crippen LogP contribution in [-0.2, 0) is 17.6 Å². The Morgan fingerprint density at radius 1 is 0.914 bits per heavy atom. The van der Waals surface area contributed by atoms with Crippen molar-refractivity contribution in [1.29, 1.82) is 0 Å². The number of hydrogen-bond donors (Lipinski definition) is 0. The van der Waals surface area contributed by atoms with E-state index >= 15 is 4.39 Å². The van der Waals surface area contributed by atoms with Gasteiger partial charge in [0.15, 0.2) is 29.0 Å². The first-order valence-electron chi connectivity index (χ1n) is 10.2. The van der Waals surface area contributed by atoms with E-state index in [2.05, 4.69) is 9.47 Å². The van der Waals surface area contributed by atoms with E-state index in [1.165, 1.54) is 12.1 Å². The van der Waals surface area contributed by atoms with Crippen LogP contribution in [0.3, 0.4) is 0 Å². The van der Waals surface area contributed by atoms with Crippen molar-refractivity contribution < 1.29 is 49.7 Å². The van der Waals surface area contributed by atoms with Gasteiger partial charge in [0.25, 0.3) is 0 Å². The van der Waals surface area contributed by atoms with Crippen LogP contribution in [-0.4, -0.2) is 6.61 Å².